The van der Waals surface area contributed by atoms with E-state index in [1.807, 2.05) is 0 Å². The van der Waals surface area contributed by atoms with Gasteiger partial charge in [-0.2, -0.15) is 0 Å². The lowest BCUT2D eigenvalue weighted by Crippen LogP contribution is -2.45. The normalized spacial score (nSPS) is 20.3. The van der Waals surface area contributed by atoms with Crippen LogP contribution in [0.5, 0.6) is 5.75 Å². The lowest BCUT2D eigenvalue weighted by atomic mass is 9.74. The number of fused-ring (bicyclic) bond motifs is 1. The van der Waals surface area contributed by atoms with Crippen LogP contribution in [0.2, 0.25) is 0 Å². The molecule has 0 radical (unpaired) electrons. The number of hydrogen-bond acceptors (Lipinski definition) is 5. The van der Waals surface area contributed by atoms with Crippen LogP contribution in [0.25, 0.3) is 10.9 Å². The molecule has 4 rings (SSSR count). The largest absolute Gasteiger partial charge is 0.497 e. The number of carbonyl (C=O) groups is 1. The maximum atomic E-state index is 14.7. The molecule has 1 atom stereocenters. The van der Waals surface area contributed by atoms with Gasteiger partial charge in [-0.25, -0.2) is 4.39 Å². The zero-order valence-corrected chi connectivity index (χ0v) is 20.1. The maximum Gasteiger partial charge on any atom is 0.309 e. The van der Waals surface area contributed by atoms with Gasteiger partial charge in [0.15, 0.2) is 0 Å². The molecule has 1 aromatic heterocycles. The molecule has 34 heavy (non-hydrogen) atoms. The minimum Gasteiger partial charge on any atom is -0.497 e. The van der Waals surface area contributed by atoms with Crippen molar-refractivity contribution in [2.24, 2.45) is 11.3 Å². The lowest BCUT2D eigenvalue weighted by Gasteiger charge is -2.40. The highest BCUT2D eigenvalue weighted by Crippen LogP contribution is 2.40. The van der Waals surface area contributed by atoms with Gasteiger partial charge in [-0.05, 0) is 75.9 Å². The Balaban J connectivity index is 1.39. The fourth-order valence-corrected chi connectivity index (χ4v) is 5.81. The molecule has 0 bridgehead atoms. The molecule has 1 saturated carbocycles. The molecule has 7 heteroatoms. The number of nitrogens with zero attached hydrogens (tertiary/aromatic N) is 2. The predicted molar refractivity (Wildman–Crippen MR) is 129 cm³/mol. The van der Waals surface area contributed by atoms with Crippen molar-refractivity contribution in [3.05, 3.63) is 35.8 Å². The number of hydrogen-bond donors (Lipinski definition) is 2. The molecule has 0 spiro atoms. The smallest absolute Gasteiger partial charge is 0.309 e. The summed E-state index contributed by atoms with van der Waals surface area (Å²) in [7, 11) is 1.53. The van der Waals surface area contributed by atoms with Crippen molar-refractivity contribution >= 4 is 16.9 Å². The van der Waals surface area contributed by atoms with Crippen LogP contribution in [-0.2, 0) is 4.79 Å². The topological polar surface area (TPSA) is 82.9 Å². The number of ether oxygens (including phenoxy) is 1. The van der Waals surface area contributed by atoms with Crippen molar-refractivity contribution in [3.8, 4) is 5.75 Å². The second kappa shape index (κ2) is 11.0. The van der Waals surface area contributed by atoms with Crippen LogP contribution in [0.3, 0.4) is 0 Å². The fourth-order valence-electron chi connectivity index (χ4n) is 5.81. The number of carboxylic acid groups (broad SMARTS) is 1. The zero-order valence-electron chi connectivity index (χ0n) is 20.1. The first kappa shape index (κ1) is 24.9. The molecule has 2 fully saturated rings. The van der Waals surface area contributed by atoms with Crippen LogP contribution >= 0.6 is 0 Å². The molecule has 0 amide bonds. The molecular formula is C27H37FN2O4. The van der Waals surface area contributed by atoms with Crippen LogP contribution in [0, 0.1) is 17.2 Å². The first-order chi connectivity index (χ1) is 16.4. The van der Waals surface area contributed by atoms with E-state index in [4.69, 9.17) is 4.74 Å². The molecule has 2 N–H and O–H groups in total. The van der Waals surface area contributed by atoms with Gasteiger partial charge in [-0.1, -0.05) is 32.1 Å². The Bertz CT molecular complexity index is 984. The minimum absolute atomic E-state index is 0.161. The Labute approximate surface area is 201 Å². The first-order valence-corrected chi connectivity index (χ1v) is 12.7. The number of rotatable bonds is 9. The summed E-state index contributed by atoms with van der Waals surface area (Å²) in [6.45, 7) is 2.57. The molecule has 1 aliphatic heterocycles. The van der Waals surface area contributed by atoms with Crippen molar-refractivity contribution in [1.29, 1.82) is 0 Å². The van der Waals surface area contributed by atoms with Gasteiger partial charge in [0.25, 0.3) is 0 Å². The van der Waals surface area contributed by atoms with E-state index in [2.05, 4.69) is 9.88 Å². The summed E-state index contributed by atoms with van der Waals surface area (Å²) in [5.41, 5.74) is -0.149. The highest BCUT2D eigenvalue weighted by molar-refractivity contribution is 5.84. The molecule has 186 valence electrons. The summed E-state index contributed by atoms with van der Waals surface area (Å²) in [5, 5.41) is 21.5. The van der Waals surface area contributed by atoms with Gasteiger partial charge in [0.2, 0.25) is 0 Å². The number of aliphatic hydroxyl groups excluding tert-OH is 1. The van der Waals surface area contributed by atoms with Crippen molar-refractivity contribution in [2.75, 3.05) is 26.7 Å². The average Bonchev–Trinajstić information content (AvgIpc) is 2.86. The van der Waals surface area contributed by atoms with E-state index in [-0.39, 0.29) is 12.0 Å². The molecule has 1 aliphatic carbocycles. The number of carboxylic acids is 1. The standard InChI is InChI=1S/C27H37FN2O4/c1-34-20-7-8-23-21(17-20)25(22(28)18-29-23)24(31)9-11-27(26(32)33)12-15-30(16-13-27)14-10-19-5-3-2-4-6-19/h7-8,17-19,24,31H,2-6,9-16H2,1H3,(H,32,33). The SMILES string of the molecule is COc1ccc2ncc(F)c(C(O)CCC3(C(=O)O)CCN(CCC4CCCCC4)CC3)c2c1. The van der Waals surface area contributed by atoms with Gasteiger partial charge in [-0.3, -0.25) is 9.78 Å². The summed E-state index contributed by atoms with van der Waals surface area (Å²) in [6, 6.07) is 5.14. The number of pyridine rings is 1. The summed E-state index contributed by atoms with van der Waals surface area (Å²) < 4.78 is 20.0. The van der Waals surface area contributed by atoms with Crippen LogP contribution < -0.4 is 4.74 Å². The molecule has 1 unspecified atom stereocenters. The van der Waals surface area contributed by atoms with Crippen molar-refractivity contribution < 1.29 is 24.1 Å². The molecule has 2 aromatic rings. The summed E-state index contributed by atoms with van der Waals surface area (Å²) in [6.07, 6.45) is 9.54. The number of halogens is 1. The maximum absolute atomic E-state index is 14.7. The third kappa shape index (κ3) is 5.52. The van der Waals surface area contributed by atoms with Crippen molar-refractivity contribution in [1.82, 2.24) is 9.88 Å². The number of aliphatic carboxylic acids is 1. The van der Waals surface area contributed by atoms with E-state index >= 15 is 0 Å². The van der Waals surface area contributed by atoms with Crippen LogP contribution in [-0.4, -0.2) is 52.8 Å². The summed E-state index contributed by atoms with van der Waals surface area (Å²) in [5.74, 6) is -0.0294. The highest BCUT2D eigenvalue weighted by Gasteiger charge is 2.41. The third-order valence-corrected chi connectivity index (χ3v) is 8.14. The Kier molecular flexibility index (Phi) is 8.04. The highest BCUT2D eigenvalue weighted by atomic mass is 19.1. The Morgan fingerprint density at radius 1 is 1.26 bits per heavy atom. The van der Waals surface area contributed by atoms with Gasteiger partial charge in [0, 0.05) is 10.9 Å². The summed E-state index contributed by atoms with van der Waals surface area (Å²) >= 11 is 0. The second-order valence-electron chi connectivity index (χ2n) is 10.2. The molecule has 6 nitrogen and oxygen atoms in total. The summed E-state index contributed by atoms with van der Waals surface area (Å²) in [4.78, 5) is 18.8. The van der Waals surface area contributed by atoms with Gasteiger partial charge in [-0.15, -0.1) is 0 Å². The van der Waals surface area contributed by atoms with Crippen molar-refractivity contribution in [3.63, 3.8) is 0 Å². The third-order valence-electron chi connectivity index (χ3n) is 8.14. The second-order valence-corrected chi connectivity index (χ2v) is 10.2. The number of benzene rings is 1. The van der Waals surface area contributed by atoms with Gasteiger partial charge in [0.1, 0.15) is 11.6 Å². The number of likely N-dealkylation sites (tertiary alicyclic amines) is 1. The Hall–Kier alpha value is -2.25. The fraction of sp³-hybridized carbons (Fsp3) is 0.630. The number of aromatic nitrogens is 1. The number of methoxy groups -OCH3 is 1. The molecular weight excluding hydrogens is 435 g/mol. The molecule has 2 heterocycles. The van der Waals surface area contributed by atoms with Gasteiger partial charge >= 0.3 is 5.97 Å². The van der Waals surface area contributed by atoms with E-state index in [1.54, 1.807) is 18.2 Å². The predicted octanol–water partition coefficient (Wildman–Crippen LogP) is 5.33. The number of piperidine rings is 1. The average molecular weight is 473 g/mol. The van der Waals surface area contributed by atoms with Crippen LogP contribution in [0.4, 0.5) is 4.39 Å². The molecule has 2 aliphatic rings. The van der Waals surface area contributed by atoms with E-state index < -0.39 is 23.3 Å². The molecule has 1 saturated heterocycles. The number of aliphatic hydroxyl groups is 1. The van der Waals surface area contributed by atoms with E-state index in [1.165, 1.54) is 45.6 Å². The monoisotopic (exact) mass is 472 g/mol. The Morgan fingerprint density at radius 2 is 2.00 bits per heavy atom. The van der Waals surface area contributed by atoms with Crippen LogP contribution in [0.15, 0.2) is 24.4 Å². The zero-order chi connectivity index (χ0) is 24.1. The van der Waals surface area contributed by atoms with Crippen LogP contribution in [0.1, 0.15) is 75.9 Å². The van der Waals surface area contributed by atoms with E-state index in [9.17, 15) is 19.4 Å². The van der Waals surface area contributed by atoms with Gasteiger partial charge < -0.3 is 19.8 Å². The quantitative estimate of drug-likeness (QED) is 0.513. The Morgan fingerprint density at radius 3 is 2.68 bits per heavy atom. The molecule has 1 aromatic carbocycles. The van der Waals surface area contributed by atoms with Crippen molar-refractivity contribution in [2.45, 2.75) is 70.3 Å². The van der Waals surface area contributed by atoms with Gasteiger partial charge in [0.05, 0.1) is 30.3 Å². The lowest BCUT2D eigenvalue weighted by molar-refractivity contribution is -0.153. The minimum atomic E-state index is -1.11. The first-order valence-electron chi connectivity index (χ1n) is 12.7. The van der Waals surface area contributed by atoms with E-state index in [0.29, 0.717) is 35.9 Å². The van der Waals surface area contributed by atoms with E-state index in [0.717, 1.165) is 31.7 Å².